The van der Waals surface area contributed by atoms with Crippen molar-refractivity contribution in [3.8, 4) is 0 Å². The van der Waals surface area contributed by atoms with Crippen LogP contribution < -0.4 is 10.6 Å². The number of benzene rings is 2. The van der Waals surface area contributed by atoms with Crippen molar-refractivity contribution in [3.63, 3.8) is 0 Å². The number of methoxy groups -OCH3 is 1. The molecule has 0 unspecified atom stereocenters. The maximum Gasteiger partial charge on any atom is 0.337 e. The van der Waals surface area contributed by atoms with Crippen LogP contribution in [0.4, 0.5) is 10.5 Å². The van der Waals surface area contributed by atoms with Crippen LogP contribution in [0.3, 0.4) is 0 Å². The summed E-state index contributed by atoms with van der Waals surface area (Å²) in [5.41, 5.74) is 4.32. The fourth-order valence-corrected chi connectivity index (χ4v) is 4.21. The van der Waals surface area contributed by atoms with Gasteiger partial charge in [0.25, 0.3) is 0 Å². The van der Waals surface area contributed by atoms with Gasteiger partial charge in [0.15, 0.2) is 0 Å². The number of fused-ring (bicyclic) bond motifs is 1. The lowest BCUT2D eigenvalue weighted by Gasteiger charge is -2.35. The maximum absolute atomic E-state index is 12.4. The Hall–Kier alpha value is -3.58. The number of carbonyl (C=O) groups excluding carboxylic acids is 2. The van der Waals surface area contributed by atoms with E-state index in [0.29, 0.717) is 25.1 Å². The normalized spacial score (nSPS) is 21.2. The number of ether oxygens (including phenoxy) is 3. The lowest BCUT2D eigenvalue weighted by Crippen LogP contribution is -2.40. The quantitative estimate of drug-likeness (QED) is 0.487. The summed E-state index contributed by atoms with van der Waals surface area (Å²) >= 11 is 0. The van der Waals surface area contributed by atoms with Gasteiger partial charge in [-0.25, -0.2) is 9.59 Å². The maximum atomic E-state index is 12.4. The Balaban J connectivity index is 1.42. The van der Waals surface area contributed by atoms with Gasteiger partial charge in [0.2, 0.25) is 6.29 Å². The fourth-order valence-electron chi connectivity index (χ4n) is 4.21. The van der Waals surface area contributed by atoms with Crippen LogP contribution in [0.25, 0.3) is 0 Å². The molecule has 2 aromatic rings. The highest BCUT2D eigenvalue weighted by Crippen LogP contribution is 2.43. The van der Waals surface area contributed by atoms with Gasteiger partial charge in [0.05, 0.1) is 31.5 Å². The molecular weight excluding hydrogens is 420 g/mol. The molecule has 2 N–H and O–H groups in total. The van der Waals surface area contributed by atoms with E-state index in [1.807, 2.05) is 67.6 Å². The van der Waals surface area contributed by atoms with Crippen LogP contribution in [0.5, 0.6) is 0 Å². The second-order valence-electron chi connectivity index (χ2n) is 8.19. The summed E-state index contributed by atoms with van der Waals surface area (Å²) in [7, 11) is 1.36. The molecule has 33 heavy (non-hydrogen) atoms. The summed E-state index contributed by atoms with van der Waals surface area (Å²) in [6, 6.07) is 17.1. The number of anilines is 1. The van der Waals surface area contributed by atoms with Gasteiger partial charge < -0.3 is 24.8 Å². The van der Waals surface area contributed by atoms with E-state index >= 15 is 0 Å². The average molecular weight is 449 g/mol. The first kappa shape index (κ1) is 22.6. The Morgan fingerprint density at radius 1 is 1.09 bits per heavy atom. The predicted octanol–water partition coefficient (Wildman–Crippen LogP) is 4.31. The molecule has 3 atom stereocenters. The topological polar surface area (TPSA) is 85.9 Å². The molecule has 0 aromatic heterocycles. The zero-order valence-corrected chi connectivity index (χ0v) is 18.7. The zero-order chi connectivity index (χ0) is 23.2. The number of hydrogen-bond acceptors (Lipinski definition) is 5. The van der Waals surface area contributed by atoms with Crippen molar-refractivity contribution in [3.05, 3.63) is 89.2 Å². The van der Waals surface area contributed by atoms with Crippen LogP contribution in [0, 0.1) is 18.8 Å². The highest BCUT2D eigenvalue weighted by Gasteiger charge is 2.44. The molecular formula is C26H28N2O5. The number of rotatable bonds is 7. The first-order valence-electron chi connectivity index (χ1n) is 10.9. The molecule has 4 rings (SSSR count). The molecule has 7 heteroatoms. The van der Waals surface area contributed by atoms with Crippen molar-refractivity contribution in [2.75, 3.05) is 19.0 Å². The highest BCUT2D eigenvalue weighted by atomic mass is 16.7. The predicted molar refractivity (Wildman–Crippen MR) is 124 cm³/mol. The number of allylic oxidation sites excluding steroid dienone is 1. The third-order valence-electron chi connectivity index (χ3n) is 5.96. The number of esters is 1. The number of amides is 2. The first-order chi connectivity index (χ1) is 16.0. The summed E-state index contributed by atoms with van der Waals surface area (Å²) in [6.07, 6.45) is 3.58. The summed E-state index contributed by atoms with van der Waals surface area (Å²) in [6.45, 7) is 2.69. The average Bonchev–Trinajstić information content (AvgIpc) is 3.27. The summed E-state index contributed by atoms with van der Waals surface area (Å²) in [4.78, 5) is 24.7. The molecule has 0 radical (unpaired) electrons. The Kier molecular flexibility index (Phi) is 7.10. The van der Waals surface area contributed by atoms with Crippen LogP contribution in [0.2, 0.25) is 0 Å². The summed E-state index contributed by atoms with van der Waals surface area (Å²) in [5.74, 6) is -0.734. The Bertz CT molecular complexity index is 1050. The number of carbonyl (C=O) groups is 2. The van der Waals surface area contributed by atoms with Gasteiger partial charge >= 0.3 is 12.0 Å². The van der Waals surface area contributed by atoms with Gasteiger partial charge in [0.1, 0.15) is 0 Å². The molecule has 0 fully saturated rings. The summed E-state index contributed by atoms with van der Waals surface area (Å²) < 4.78 is 16.9. The van der Waals surface area contributed by atoms with E-state index in [4.69, 9.17) is 14.2 Å². The standard InChI is InChI=1S/C26H28N2O5/c1-17-8-11-20(12-9-17)28-26(30)27-14-19-10-13-21-22(24(29)31-2)16-33-25(23(19)21)32-15-18-6-4-3-5-7-18/h3-12,16,21,23,25H,13-15H2,1-2H3,(H2,27,28,30)/t21-,23-,25-/m1/s1. The van der Waals surface area contributed by atoms with E-state index in [2.05, 4.69) is 10.6 Å². The van der Waals surface area contributed by atoms with E-state index < -0.39 is 12.3 Å². The minimum absolute atomic E-state index is 0.121. The molecule has 172 valence electrons. The third kappa shape index (κ3) is 5.43. The molecule has 2 aliphatic rings. The number of nitrogens with one attached hydrogen (secondary N) is 2. The van der Waals surface area contributed by atoms with Crippen molar-refractivity contribution in [1.29, 1.82) is 0 Å². The van der Waals surface area contributed by atoms with Gasteiger partial charge in [-0.05, 0) is 36.6 Å². The molecule has 0 bridgehead atoms. The molecule has 1 aliphatic heterocycles. The molecule has 2 aromatic carbocycles. The molecule has 7 nitrogen and oxygen atoms in total. The van der Waals surface area contributed by atoms with Gasteiger partial charge in [-0.3, -0.25) is 0 Å². The SMILES string of the molecule is COC(=O)C1=CO[C@@H](OCc2ccccc2)[C@@H]2C(CNC(=O)Nc3ccc(C)cc3)=CC[C@H]12. The van der Waals surface area contributed by atoms with E-state index in [9.17, 15) is 9.59 Å². The Morgan fingerprint density at radius 3 is 2.58 bits per heavy atom. The Labute approximate surface area is 193 Å². The second kappa shape index (κ2) is 10.4. The van der Waals surface area contributed by atoms with Crippen molar-refractivity contribution < 1.29 is 23.8 Å². The van der Waals surface area contributed by atoms with Crippen molar-refractivity contribution in [2.45, 2.75) is 26.2 Å². The number of urea groups is 1. The van der Waals surface area contributed by atoms with E-state index in [1.54, 1.807) is 0 Å². The fraction of sp³-hybridized carbons (Fsp3) is 0.308. The van der Waals surface area contributed by atoms with Crippen LogP contribution in [0.15, 0.2) is 78.1 Å². The van der Waals surface area contributed by atoms with E-state index in [1.165, 1.54) is 13.4 Å². The molecule has 1 aliphatic carbocycles. The van der Waals surface area contributed by atoms with Gasteiger partial charge in [0, 0.05) is 18.2 Å². The minimum atomic E-state index is -0.570. The monoisotopic (exact) mass is 448 g/mol. The van der Waals surface area contributed by atoms with Crippen LogP contribution in [-0.2, 0) is 25.6 Å². The number of aryl methyl sites for hydroxylation is 1. The minimum Gasteiger partial charge on any atom is -0.471 e. The van der Waals surface area contributed by atoms with E-state index in [-0.39, 0.29) is 17.9 Å². The second-order valence-corrected chi connectivity index (χ2v) is 8.19. The zero-order valence-electron chi connectivity index (χ0n) is 18.7. The highest BCUT2D eigenvalue weighted by molar-refractivity contribution is 5.90. The lowest BCUT2D eigenvalue weighted by atomic mass is 9.83. The molecule has 1 heterocycles. The summed E-state index contributed by atoms with van der Waals surface area (Å²) in [5, 5.41) is 5.74. The number of hydrogen-bond donors (Lipinski definition) is 2. The first-order valence-corrected chi connectivity index (χ1v) is 10.9. The van der Waals surface area contributed by atoms with Crippen molar-refractivity contribution in [1.82, 2.24) is 5.32 Å². The van der Waals surface area contributed by atoms with E-state index in [0.717, 1.165) is 22.4 Å². The van der Waals surface area contributed by atoms with Crippen LogP contribution >= 0.6 is 0 Å². The largest absolute Gasteiger partial charge is 0.471 e. The van der Waals surface area contributed by atoms with Gasteiger partial charge in [-0.2, -0.15) is 0 Å². The lowest BCUT2D eigenvalue weighted by molar-refractivity contribution is -0.160. The van der Waals surface area contributed by atoms with Gasteiger partial charge in [-0.15, -0.1) is 0 Å². The van der Waals surface area contributed by atoms with Crippen LogP contribution in [-0.4, -0.2) is 31.9 Å². The molecule has 2 amide bonds. The van der Waals surface area contributed by atoms with Crippen LogP contribution in [0.1, 0.15) is 17.5 Å². The third-order valence-corrected chi connectivity index (χ3v) is 5.96. The van der Waals surface area contributed by atoms with Crippen molar-refractivity contribution >= 4 is 17.7 Å². The molecule has 0 saturated heterocycles. The van der Waals surface area contributed by atoms with Crippen molar-refractivity contribution in [2.24, 2.45) is 11.8 Å². The molecule has 0 spiro atoms. The van der Waals surface area contributed by atoms with Gasteiger partial charge in [-0.1, -0.05) is 54.1 Å². The Morgan fingerprint density at radius 2 is 1.85 bits per heavy atom. The molecule has 0 saturated carbocycles. The smallest absolute Gasteiger partial charge is 0.337 e.